The van der Waals surface area contributed by atoms with E-state index in [1.165, 1.54) is 6.07 Å². The molecule has 0 spiro atoms. The van der Waals surface area contributed by atoms with Gasteiger partial charge in [0.05, 0.1) is 35.9 Å². The summed E-state index contributed by atoms with van der Waals surface area (Å²) < 4.78 is 18.6. The molecule has 2 rings (SSSR count). The van der Waals surface area contributed by atoms with E-state index in [-0.39, 0.29) is 17.0 Å². The summed E-state index contributed by atoms with van der Waals surface area (Å²) in [4.78, 5) is 0. The Bertz CT molecular complexity index is 377. The first kappa shape index (κ1) is 11.6. The largest absolute Gasteiger partial charge is 0.396 e. The van der Waals surface area contributed by atoms with Gasteiger partial charge in [-0.2, -0.15) is 0 Å². The normalized spacial score (nSPS) is 17.9. The van der Waals surface area contributed by atoms with Crippen LogP contribution in [0.15, 0.2) is 18.2 Å². The molecular formula is C11H13ClFNO2. The van der Waals surface area contributed by atoms with Crippen molar-refractivity contribution in [1.29, 1.82) is 0 Å². The van der Waals surface area contributed by atoms with Crippen molar-refractivity contribution < 1.29 is 14.2 Å². The quantitative estimate of drug-likeness (QED) is 0.851. The smallest absolute Gasteiger partial charge is 0.164 e. The molecule has 1 saturated heterocycles. The predicted molar refractivity (Wildman–Crippen MR) is 60.2 cm³/mol. The zero-order valence-corrected chi connectivity index (χ0v) is 9.43. The lowest BCUT2D eigenvalue weighted by Gasteiger charge is -2.40. The Hall–Kier alpha value is -0.840. The molecule has 1 fully saturated rings. The van der Waals surface area contributed by atoms with Crippen LogP contribution in [0.2, 0.25) is 5.02 Å². The van der Waals surface area contributed by atoms with Gasteiger partial charge in [0.15, 0.2) is 5.82 Å². The summed E-state index contributed by atoms with van der Waals surface area (Å²) >= 11 is 5.66. The lowest BCUT2D eigenvalue weighted by atomic mass is 9.87. The summed E-state index contributed by atoms with van der Waals surface area (Å²) in [6, 6.07) is 4.79. The second-order valence-electron chi connectivity index (χ2n) is 4.11. The summed E-state index contributed by atoms with van der Waals surface area (Å²) in [5, 5.41) is 12.2. The molecule has 1 aromatic carbocycles. The fraction of sp³-hybridized carbons (Fsp3) is 0.455. The molecule has 16 heavy (non-hydrogen) atoms. The van der Waals surface area contributed by atoms with Crippen molar-refractivity contribution in [1.82, 2.24) is 0 Å². The molecule has 0 amide bonds. The van der Waals surface area contributed by atoms with Gasteiger partial charge >= 0.3 is 0 Å². The number of hydrogen-bond donors (Lipinski definition) is 2. The monoisotopic (exact) mass is 245 g/mol. The Kier molecular flexibility index (Phi) is 3.33. The van der Waals surface area contributed by atoms with Gasteiger partial charge in [-0.05, 0) is 12.1 Å². The summed E-state index contributed by atoms with van der Waals surface area (Å²) in [7, 11) is 0. The van der Waals surface area contributed by atoms with Gasteiger partial charge in [0.1, 0.15) is 0 Å². The molecule has 1 aliphatic rings. The van der Waals surface area contributed by atoms with E-state index >= 15 is 0 Å². The van der Waals surface area contributed by atoms with Crippen molar-refractivity contribution in [3.8, 4) is 0 Å². The Morgan fingerprint density at radius 3 is 2.81 bits per heavy atom. The number of ether oxygens (including phenoxy) is 1. The molecule has 1 heterocycles. The standard InChI is InChI=1S/C11H13ClFNO2/c12-8-2-1-3-9(10(8)13)14-4-11(5-15)6-16-7-11/h1-3,14-15H,4-7H2. The average Bonchev–Trinajstić information content (AvgIpc) is 2.23. The number of anilines is 1. The van der Waals surface area contributed by atoms with Gasteiger partial charge in [-0.15, -0.1) is 0 Å². The van der Waals surface area contributed by atoms with E-state index in [0.717, 1.165) is 0 Å². The lowest BCUT2D eigenvalue weighted by Crippen LogP contribution is -2.50. The Morgan fingerprint density at radius 2 is 2.25 bits per heavy atom. The first-order valence-corrected chi connectivity index (χ1v) is 5.41. The minimum atomic E-state index is -0.461. The maximum atomic E-state index is 13.5. The number of aliphatic hydroxyl groups is 1. The maximum Gasteiger partial charge on any atom is 0.164 e. The van der Waals surface area contributed by atoms with Gasteiger partial charge in [0.2, 0.25) is 0 Å². The van der Waals surface area contributed by atoms with E-state index in [1.807, 2.05) is 0 Å². The first-order chi connectivity index (χ1) is 7.67. The molecule has 0 bridgehead atoms. The molecule has 5 heteroatoms. The van der Waals surface area contributed by atoms with Crippen LogP contribution in [0.5, 0.6) is 0 Å². The van der Waals surface area contributed by atoms with Crippen molar-refractivity contribution >= 4 is 17.3 Å². The molecule has 0 aromatic heterocycles. The van der Waals surface area contributed by atoms with Gasteiger partial charge < -0.3 is 15.2 Å². The van der Waals surface area contributed by atoms with Gasteiger partial charge in [-0.1, -0.05) is 17.7 Å². The van der Waals surface area contributed by atoms with Crippen LogP contribution in [0.4, 0.5) is 10.1 Å². The average molecular weight is 246 g/mol. The van der Waals surface area contributed by atoms with Crippen molar-refractivity contribution in [3.63, 3.8) is 0 Å². The molecule has 0 aliphatic carbocycles. The van der Waals surface area contributed by atoms with Gasteiger partial charge in [0.25, 0.3) is 0 Å². The molecular weight excluding hydrogens is 233 g/mol. The highest BCUT2D eigenvalue weighted by atomic mass is 35.5. The van der Waals surface area contributed by atoms with Gasteiger partial charge in [0, 0.05) is 6.54 Å². The number of hydrogen-bond acceptors (Lipinski definition) is 3. The summed E-state index contributed by atoms with van der Waals surface area (Å²) in [5.74, 6) is -0.461. The number of halogens is 2. The molecule has 3 nitrogen and oxygen atoms in total. The van der Waals surface area contributed by atoms with Crippen molar-refractivity contribution in [2.45, 2.75) is 0 Å². The van der Waals surface area contributed by atoms with E-state index in [0.29, 0.717) is 25.4 Å². The SMILES string of the molecule is OCC1(CNc2cccc(Cl)c2F)COC1. The fourth-order valence-corrected chi connectivity index (χ4v) is 1.74. The third-order valence-corrected chi connectivity index (χ3v) is 3.05. The number of benzene rings is 1. The van der Waals surface area contributed by atoms with E-state index in [1.54, 1.807) is 12.1 Å². The summed E-state index contributed by atoms with van der Waals surface area (Å²) in [5.41, 5.74) is 0.0709. The molecule has 0 saturated carbocycles. The van der Waals surface area contributed by atoms with Crippen LogP contribution in [-0.2, 0) is 4.74 Å². The van der Waals surface area contributed by atoms with Crippen molar-refractivity contribution in [2.75, 3.05) is 31.7 Å². The van der Waals surface area contributed by atoms with Crippen LogP contribution >= 0.6 is 11.6 Å². The Balaban J connectivity index is 2.02. The molecule has 88 valence electrons. The predicted octanol–water partition coefficient (Wildman–Crippen LogP) is 1.90. The Labute approximate surface area is 98.2 Å². The third kappa shape index (κ3) is 2.14. The second kappa shape index (κ2) is 4.57. The van der Waals surface area contributed by atoms with Crippen molar-refractivity contribution in [2.24, 2.45) is 5.41 Å². The summed E-state index contributed by atoms with van der Waals surface area (Å²) in [6.07, 6.45) is 0. The number of rotatable bonds is 4. The van der Waals surface area contributed by atoms with Crippen LogP contribution in [-0.4, -0.2) is 31.5 Å². The highest BCUT2D eigenvalue weighted by Gasteiger charge is 2.37. The third-order valence-electron chi connectivity index (χ3n) is 2.76. The molecule has 0 unspecified atom stereocenters. The maximum absolute atomic E-state index is 13.5. The summed E-state index contributed by atoms with van der Waals surface area (Å²) in [6.45, 7) is 1.50. The van der Waals surface area contributed by atoms with Crippen LogP contribution in [0.3, 0.4) is 0 Å². The second-order valence-corrected chi connectivity index (χ2v) is 4.51. The van der Waals surface area contributed by atoms with E-state index in [2.05, 4.69) is 5.32 Å². The van der Waals surface area contributed by atoms with Gasteiger partial charge in [-0.25, -0.2) is 4.39 Å². The van der Waals surface area contributed by atoms with E-state index < -0.39 is 5.82 Å². The minimum Gasteiger partial charge on any atom is -0.396 e. The van der Waals surface area contributed by atoms with Crippen LogP contribution in [0.1, 0.15) is 0 Å². The molecule has 1 aliphatic heterocycles. The van der Waals surface area contributed by atoms with Crippen molar-refractivity contribution in [3.05, 3.63) is 29.0 Å². The lowest BCUT2D eigenvalue weighted by molar-refractivity contribution is -0.128. The zero-order chi connectivity index (χ0) is 11.6. The van der Waals surface area contributed by atoms with E-state index in [4.69, 9.17) is 16.3 Å². The molecule has 1 aromatic rings. The molecule has 0 atom stereocenters. The minimum absolute atomic E-state index is 0.0299. The fourth-order valence-electron chi connectivity index (χ4n) is 1.56. The van der Waals surface area contributed by atoms with Gasteiger partial charge in [-0.3, -0.25) is 0 Å². The highest BCUT2D eigenvalue weighted by Crippen LogP contribution is 2.28. The highest BCUT2D eigenvalue weighted by molar-refractivity contribution is 6.31. The topological polar surface area (TPSA) is 41.5 Å². The van der Waals surface area contributed by atoms with Crippen LogP contribution in [0.25, 0.3) is 0 Å². The van der Waals surface area contributed by atoms with Crippen LogP contribution < -0.4 is 5.32 Å². The zero-order valence-electron chi connectivity index (χ0n) is 8.67. The number of nitrogens with one attached hydrogen (secondary N) is 1. The van der Waals surface area contributed by atoms with Crippen LogP contribution in [0, 0.1) is 11.2 Å². The van der Waals surface area contributed by atoms with E-state index in [9.17, 15) is 9.50 Å². The molecule has 2 N–H and O–H groups in total. The molecule has 0 radical (unpaired) electrons. The number of aliphatic hydroxyl groups excluding tert-OH is 1. The Morgan fingerprint density at radius 1 is 1.50 bits per heavy atom. The first-order valence-electron chi connectivity index (χ1n) is 5.03.